The van der Waals surface area contributed by atoms with E-state index in [1.165, 1.54) is 42.6 Å². The Morgan fingerprint density at radius 2 is 1.82 bits per heavy atom. The summed E-state index contributed by atoms with van der Waals surface area (Å²) in [5, 5.41) is 0. The van der Waals surface area contributed by atoms with Crippen LogP contribution in [0.5, 0.6) is 0 Å². The van der Waals surface area contributed by atoms with Crippen LogP contribution in [0.3, 0.4) is 0 Å². The van der Waals surface area contributed by atoms with Gasteiger partial charge in [-0.3, -0.25) is 4.90 Å². The van der Waals surface area contributed by atoms with Gasteiger partial charge in [0.15, 0.2) is 0 Å². The van der Waals surface area contributed by atoms with Crippen LogP contribution in [0.4, 0.5) is 0 Å². The second kappa shape index (κ2) is 6.57. The lowest BCUT2D eigenvalue weighted by Gasteiger charge is -2.24. The number of rotatable bonds is 4. The van der Waals surface area contributed by atoms with Crippen molar-refractivity contribution in [3.05, 3.63) is 47.4 Å². The summed E-state index contributed by atoms with van der Waals surface area (Å²) in [5.74, 6) is 0.835. The molecule has 1 aromatic heterocycles. The van der Waals surface area contributed by atoms with Crippen LogP contribution in [0.1, 0.15) is 49.7 Å². The fourth-order valence-electron chi connectivity index (χ4n) is 3.26. The van der Waals surface area contributed by atoms with Gasteiger partial charge in [-0.1, -0.05) is 31.2 Å². The molecule has 22 heavy (non-hydrogen) atoms. The summed E-state index contributed by atoms with van der Waals surface area (Å²) in [6.07, 6.45) is 5.59. The molecule has 0 aliphatic carbocycles. The van der Waals surface area contributed by atoms with E-state index in [4.69, 9.17) is 0 Å². The average molecular weight is 295 g/mol. The van der Waals surface area contributed by atoms with Crippen LogP contribution in [0.25, 0.3) is 11.3 Å². The largest absolute Gasteiger partial charge is 0.297 e. The molecule has 3 nitrogen and oxygen atoms in total. The zero-order valence-corrected chi connectivity index (χ0v) is 13.8. The molecule has 2 aromatic rings. The minimum atomic E-state index is 0.509. The zero-order chi connectivity index (χ0) is 15.5. The van der Waals surface area contributed by atoms with Gasteiger partial charge in [-0.2, -0.15) is 0 Å². The van der Waals surface area contributed by atoms with Gasteiger partial charge in [0.05, 0.1) is 5.69 Å². The fourth-order valence-corrected chi connectivity index (χ4v) is 3.26. The Bertz CT molecular complexity index is 628. The number of hydrogen-bond donors (Lipinski definition) is 0. The smallest absolute Gasteiger partial charge is 0.125 e. The maximum atomic E-state index is 4.64. The van der Waals surface area contributed by atoms with E-state index in [9.17, 15) is 0 Å². The highest BCUT2D eigenvalue weighted by molar-refractivity contribution is 5.63. The lowest BCUT2D eigenvalue weighted by Crippen LogP contribution is -2.23. The first-order chi connectivity index (χ1) is 10.7. The van der Waals surface area contributed by atoms with Gasteiger partial charge in [-0.05, 0) is 57.3 Å². The molecule has 0 amide bonds. The molecule has 1 aromatic carbocycles. The SMILES string of the molecule is CCc1cnc(C)nc1-c1ccc(C(C)N2CCCC2)cc1. The molecule has 116 valence electrons. The summed E-state index contributed by atoms with van der Waals surface area (Å²) < 4.78 is 0. The van der Waals surface area contributed by atoms with Gasteiger partial charge in [0, 0.05) is 17.8 Å². The standard InChI is InChI=1S/C19H25N3/c1-4-16-13-20-15(3)21-19(16)18-9-7-17(8-10-18)14(2)22-11-5-6-12-22/h7-10,13-14H,4-6,11-12H2,1-3H3. The first kappa shape index (κ1) is 15.2. The summed E-state index contributed by atoms with van der Waals surface area (Å²) in [7, 11) is 0. The van der Waals surface area contributed by atoms with E-state index in [0.29, 0.717) is 6.04 Å². The van der Waals surface area contributed by atoms with Crippen LogP contribution < -0.4 is 0 Å². The third-order valence-electron chi connectivity index (χ3n) is 4.72. The topological polar surface area (TPSA) is 29.0 Å². The van der Waals surface area contributed by atoms with Gasteiger partial charge < -0.3 is 0 Å². The molecule has 3 heteroatoms. The zero-order valence-electron chi connectivity index (χ0n) is 13.8. The van der Waals surface area contributed by atoms with Crippen molar-refractivity contribution in [3.8, 4) is 11.3 Å². The van der Waals surface area contributed by atoms with E-state index in [0.717, 1.165) is 17.9 Å². The van der Waals surface area contributed by atoms with Gasteiger partial charge >= 0.3 is 0 Å². The van der Waals surface area contributed by atoms with E-state index in [2.05, 4.69) is 53.0 Å². The molecule has 1 unspecified atom stereocenters. The van der Waals surface area contributed by atoms with Crippen LogP contribution in [-0.4, -0.2) is 28.0 Å². The number of likely N-dealkylation sites (tertiary alicyclic amines) is 1. The quantitative estimate of drug-likeness (QED) is 0.847. The lowest BCUT2D eigenvalue weighted by atomic mass is 10.0. The Labute approximate surface area is 133 Å². The Morgan fingerprint density at radius 3 is 2.45 bits per heavy atom. The molecule has 0 spiro atoms. The van der Waals surface area contributed by atoms with Crippen LogP contribution in [-0.2, 0) is 6.42 Å². The van der Waals surface area contributed by atoms with Crippen molar-refractivity contribution in [2.75, 3.05) is 13.1 Å². The highest BCUT2D eigenvalue weighted by Crippen LogP contribution is 2.27. The van der Waals surface area contributed by atoms with Gasteiger partial charge in [0.25, 0.3) is 0 Å². The molecule has 1 saturated heterocycles. The van der Waals surface area contributed by atoms with Crippen LogP contribution >= 0.6 is 0 Å². The van der Waals surface area contributed by atoms with Crippen molar-refractivity contribution in [1.82, 2.24) is 14.9 Å². The molecule has 1 aliphatic heterocycles. The number of nitrogens with zero attached hydrogens (tertiary/aromatic N) is 3. The van der Waals surface area contributed by atoms with Crippen molar-refractivity contribution in [1.29, 1.82) is 0 Å². The molecule has 1 fully saturated rings. The van der Waals surface area contributed by atoms with E-state index in [-0.39, 0.29) is 0 Å². The maximum absolute atomic E-state index is 4.64. The predicted octanol–water partition coefficient (Wildman–Crippen LogP) is 4.17. The molecular weight excluding hydrogens is 270 g/mol. The fraction of sp³-hybridized carbons (Fsp3) is 0.474. The number of aryl methyl sites for hydroxylation is 2. The number of aromatic nitrogens is 2. The monoisotopic (exact) mass is 295 g/mol. The average Bonchev–Trinajstić information content (AvgIpc) is 3.09. The maximum Gasteiger partial charge on any atom is 0.125 e. The van der Waals surface area contributed by atoms with Gasteiger partial charge in [0.1, 0.15) is 5.82 Å². The Kier molecular flexibility index (Phi) is 4.53. The molecule has 2 heterocycles. The molecule has 0 N–H and O–H groups in total. The van der Waals surface area contributed by atoms with E-state index >= 15 is 0 Å². The van der Waals surface area contributed by atoms with Gasteiger partial charge in [-0.15, -0.1) is 0 Å². The first-order valence-electron chi connectivity index (χ1n) is 8.36. The Balaban J connectivity index is 1.86. The summed E-state index contributed by atoms with van der Waals surface area (Å²) >= 11 is 0. The highest BCUT2D eigenvalue weighted by atomic mass is 15.2. The Morgan fingerprint density at radius 1 is 1.14 bits per heavy atom. The molecule has 0 radical (unpaired) electrons. The minimum absolute atomic E-state index is 0.509. The lowest BCUT2D eigenvalue weighted by molar-refractivity contribution is 0.263. The van der Waals surface area contributed by atoms with Crippen molar-refractivity contribution >= 4 is 0 Å². The highest BCUT2D eigenvalue weighted by Gasteiger charge is 2.19. The van der Waals surface area contributed by atoms with Crippen molar-refractivity contribution < 1.29 is 0 Å². The summed E-state index contributed by atoms with van der Waals surface area (Å²) in [6.45, 7) is 8.88. The number of hydrogen-bond acceptors (Lipinski definition) is 3. The normalized spacial score (nSPS) is 16.9. The Hall–Kier alpha value is -1.74. The van der Waals surface area contributed by atoms with Crippen molar-refractivity contribution in [2.45, 2.75) is 46.1 Å². The summed E-state index contributed by atoms with van der Waals surface area (Å²) in [6, 6.07) is 9.45. The minimum Gasteiger partial charge on any atom is -0.297 e. The number of benzene rings is 1. The molecule has 3 rings (SSSR count). The predicted molar refractivity (Wildman–Crippen MR) is 90.8 cm³/mol. The van der Waals surface area contributed by atoms with Crippen molar-refractivity contribution in [2.24, 2.45) is 0 Å². The van der Waals surface area contributed by atoms with Crippen LogP contribution in [0, 0.1) is 6.92 Å². The molecule has 1 atom stereocenters. The summed E-state index contributed by atoms with van der Waals surface area (Å²) in [5.41, 5.74) is 4.88. The van der Waals surface area contributed by atoms with Gasteiger partial charge in [-0.25, -0.2) is 9.97 Å². The molecular formula is C19H25N3. The summed E-state index contributed by atoms with van der Waals surface area (Å²) in [4.78, 5) is 11.5. The second-order valence-electron chi connectivity index (χ2n) is 6.19. The first-order valence-corrected chi connectivity index (χ1v) is 8.36. The van der Waals surface area contributed by atoms with Crippen LogP contribution in [0.2, 0.25) is 0 Å². The molecule has 0 bridgehead atoms. The van der Waals surface area contributed by atoms with E-state index in [1.54, 1.807) is 0 Å². The third-order valence-corrected chi connectivity index (χ3v) is 4.72. The van der Waals surface area contributed by atoms with E-state index in [1.807, 2.05) is 13.1 Å². The van der Waals surface area contributed by atoms with Gasteiger partial charge in [0.2, 0.25) is 0 Å². The third kappa shape index (κ3) is 3.05. The van der Waals surface area contributed by atoms with Crippen LogP contribution in [0.15, 0.2) is 30.5 Å². The second-order valence-corrected chi connectivity index (χ2v) is 6.19. The molecule has 1 aliphatic rings. The molecule has 0 saturated carbocycles. The van der Waals surface area contributed by atoms with E-state index < -0.39 is 0 Å². The van der Waals surface area contributed by atoms with Crippen molar-refractivity contribution in [3.63, 3.8) is 0 Å².